The van der Waals surface area contributed by atoms with Crippen LogP contribution >= 0.6 is 0 Å². The normalized spacial score (nSPS) is 17.6. The summed E-state index contributed by atoms with van der Waals surface area (Å²) in [5.74, 6) is 2.47. The summed E-state index contributed by atoms with van der Waals surface area (Å²) in [7, 11) is 0. The first kappa shape index (κ1) is 16.6. The van der Waals surface area contributed by atoms with Gasteiger partial charge in [0, 0.05) is 38.3 Å². The summed E-state index contributed by atoms with van der Waals surface area (Å²) >= 11 is 0. The molecule has 0 saturated carbocycles. The third-order valence-corrected chi connectivity index (χ3v) is 4.37. The zero-order chi connectivity index (χ0) is 16.9. The van der Waals surface area contributed by atoms with E-state index in [0.29, 0.717) is 24.1 Å². The molecule has 0 spiro atoms. The second-order valence-corrected chi connectivity index (χ2v) is 6.89. The lowest BCUT2D eigenvalue weighted by molar-refractivity contribution is -0.131. The van der Waals surface area contributed by atoms with E-state index in [0.717, 1.165) is 43.7 Å². The van der Waals surface area contributed by atoms with E-state index in [-0.39, 0.29) is 5.91 Å². The van der Waals surface area contributed by atoms with Crippen molar-refractivity contribution in [3.63, 3.8) is 0 Å². The van der Waals surface area contributed by atoms with Crippen LogP contribution in [0.25, 0.3) is 11.5 Å². The summed E-state index contributed by atoms with van der Waals surface area (Å²) in [6.45, 7) is 5.91. The fraction of sp³-hybridized carbons (Fsp3) is 0.556. The van der Waals surface area contributed by atoms with Crippen molar-refractivity contribution in [3.8, 4) is 11.5 Å². The Hall–Kier alpha value is -2.24. The Bertz CT molecular complexity index is 669. The SMILES string of the molecule is CC(C)CC(=O)N1CCC(CCc2noc(-c3cccnc3)n2)C1. The number of carbonyl (C=O) groups excluding carboxylic acids is 1. The summed E-state index contributed by atoms with van der Waals surface area (Å²) in [5.41, 5.74) is 0.836. The van der Waals surface area contributed by atoms with Crippen LogP contribution in [0, 0.1) is 11.8 Å². The quantitative estimate of drug-likeness (QED) is 0.815. The van der Waals surface area contributed by atoms with Crippen molar-refractivity contribution in [2.45, 2.75) is 39.5 Å². The second-order valence-electron chi connectivity index (χ2n) is 6.89. The van der Waals surface area contributed by atoms with Gasteiger partial charge in [-0.05, 0) is 36.8 Å². The van der Waals surface area contributed by atoms with Gasteiger partial charge >= 0.3 is 0 Å². The molecule has 1 aliphatic heterocycles. The minimum absolute atomic E-state index is 0.283. The number of hydrogen-bond acceptors (Lipinski definition) is 5. The lowest BCUT2D eigenvalue weighted by atomic mass is 10.0. The van der Waals surface area contributed by atoms with Crippen molar-refractivity contribution in [1.82, 2.24) is 20.0 Å². The molecule has 0 aromatic carbocycles. The van der Waals surface area contributed by atoms with E-state index in [9.17, 15) is 4.79 Å². The van der Waals surface area contributed by atoms with E-state index >= 15 is 0 Å². The van der Waals surface area contributed by atoms with Crippen LogP contribution in [-0.4, -0.2) is 39.0 Å². The number of hydrogen-bond donors (Lipinski definition) is 0. The molecule has 2 aromatic rings. The van der Waals surface area contributed by atoms with Crippen LogP contribution in [0.3, 0.4) is 0 Å². The smallest absolute Gasteiger partial charge is 0.259 e. The topological polar surface area (TPSA) is 72.1 Å². The summed E-state index contributed by atoms with van der Waals surface area (Å²) in [5, 5.41) is 4.05. The van der Waals surface area contributed by atoms with Crippen molar-refractivity contribution < 1.29 is 9.32 Å². The van der Waals surface area contributed by atoms with Crippen LogP contribution < -0.4 is 0 Å². The zero-order valence-electron chi connectivity index (χ0n) is 14.3. The van der Waals surface area contributed by atoms with E-state index in [2.05, 4.69) is 29.0 Å². The van der Waals surface area contributed by atoms with Gasteiger partial charge in [0.2, 0.25) is 5.91 Å². The van der Waals surface area contributed by atoms with Gasteiger partial charge in [-0.2, -0.15) is 4.98 Å². The highest BCUT2D eigenvalue weighted by atomic mass is 16.5. The molecule has 6 nitrogen and oxygen atoms in total. The Balaban J connectivity index is 1.49. The van der Waals surface area contributed by atoms with Crippen LogP contribution in [0.1, 0.15) is 38.9 Å². The molecule has 3 rings (SSSR count). The molecular weight excluding hydrogens is 304 g/mol. The number of nitrogens with zero attached hydrogens (tertiary/aromatic N) is 4. The first-order chi connectivity index (χ1) is 11.6. The third-order valence-electron chi connectivity index (χ3n) is 4.37. The first-order valence-electron chi connectivity index (χ1n) is 8.62. The number of rotatable bonds is 6. The molecule has 6 heteroatoms. The molecule has 1 aliphatic rings. The van der Waals surface area contributed by atoms with E-state index in [1.807, 2.05) is 17.0 Å². The molecule has 1 atom stereocenters. The van der Waals surface area contributed by atoms with Crippen molar-refractivity contribution in [2.24, 2.45) is 11.8 Å². The van der Waals surface area contributed by atoms with Gasteiger partial charge < -0.3 is 9.42 Å². The number of aryl methyl sites for hydroxylation is 1. The van der Waals surface area contributed by atoms with E-state index in [1.165, 1.54) is 0 Å². The van der Waals surface area contributed by atoms with Gasteiger partial charge in [-0.25, -0.2) is 0 Å². The van der Waals surface area contributed by atoms with Gasteiger partial charge in [-0.1, -0.05) is 19.0 Å². The van der Waals surface area contributed by atoms with Crippen LogP contribution in [-0.2, 0) is 11.2 Å². The predicted octanol–water partition coefficient (Wildman–Crippen LogP) is 2.96. The van der Waals surface area contributed by atoms with Crippen LogP contribution in [0.4, 0.5) is 0 Å². The van der Waals surface area contributed by atoms with Gasteiger partial charge in [-0.3, -0.25) is 9.78 Å². The van der Waals surface area contributed by atoms with Gasteiger partial charge in [-0.15, -0.1) is 0 Å². The maximum atomic E-state index is 12.1. The highest BCUT2D eigenvalue weighted by Crippen LogP contribution is 2.23. The molecule has 0 bridgehead atoms. The lowest BCUT2D eigenvalue weighted by Gasteiger charge is -2.17. The maximum Gasteiger partial charge on any atom is 0.259 e. The summed E-state index contributed by atoms with van der Waals surface area (Å²) in [4.78, 5) is 22.6. The molecule has 0 N–H and O–H groups in total. The highest BCUT2D eigenvalue weighted by molar-refractivity contribution is 5.76. The number of amides is 1. The Morgan fingerprint density at radius 2 is 2.33 bits per heavy atom. The van der Waals surface area contributed by atoms with Crippen molar-refractivity contribution in [1.29, 1.82) is 0 Å². The number of carbonyl (C=O) groups is 1. The van der Waals surface area contributed by atoms with Crippen LogP contribution in [0.15, 0.2) is 29.0 Å². The zero-order valence-corrected chi connectivity index (χ0v) is 14.3. The number of pyridine rings is 1. The molecule has 1 fully saturated rings. The molecule has 0 aliphatic carbocycles. The largest absolute Gasteiger partial charge is 0.342 e. The van der Waals surface area contributed by atoms with Gasteiger partial charge in [0.1, 0.15) is 0 Å². The predicted molar refractivity (Wildman–Crippen MR) is 90.0 cm³/mol. The fourth-order valence-corrected chi connectivity index (χ4v) is 3.07. The molecule has 128 valence electrons. The third kappa shape index (κ3) is 4.19. The van der Waals surface area contributed by atoms with E-state index in [4.69, 9.17) is 4.52 Å². The molecular formula is C18H24N4O2. The van der Waals surface area contributed by atoms with Crippen LogP contribution in [0.2, 0.25) is 0 Å². The minimum atomic E-state index is 0.283. The highest BCUT2D eigenvalue weighted by Gasteiger charge is 2.26. The Morgan fingerprint density at radius 1 is 1.46 bits per heavy atom. The number of likely N-dealkylation sites (tertiary alicyclic amines) is 1. The van der Waals surface area contributed by atoms with Gasteiger partial charge in [0.15, 0.2) is 5.82 Å². The van der Waals surface area contributed by atoms with Crippen molar-refractivity contribution >= 4 is 5.91 Å². The minimum Gasteiger partial charge on any atom is -0.342 e. The Kier molecular flexibility index (Phi) is 5.23. The standard InChI is InChI=1S/C18H24N4O2/c1-13(2)10-17(23)22-9-7-14(12-22)5-6-16-20-18(24-21-16)15-4-3-8-19-11-15/h3-4,8,11,13-14H,5-7,9-10,12H2,1-2H3. The van der Waals surface area contributed by atoms with E-state index in [1.54, 1.807) is 12.4 Å². The molecule has 2 aromatic heterocycles. The fourth-order valence-electron chi connectivity index (χ4n) is 3.07. The molecule has 1 unspecified atom stereocenters. The summed E-state index contributed by atoms with van der Waals surface area (Å²) in [6, 6.07) is 3.75. The molecule has 3 heterocycles. The summed E-state index contributed by atoms with van der Waals surface area (Å²) in [6.07, 6.45) is 6.90. The van der Waals surface area contributed by atoms with Gasteiger partial charge in [0.05, 0.1) is 5.56 Å². The Labute approximate surface area is 142 Å². The number of aromatic nitrogens is 3. The molecule has 24 heavy (non-hydrogen) atoms. The Morgan fingerprint density at radius 3 is 3.08 bits per heavy atom. The monoisotopic (exact) mass is 328 g/mol. The summed E-state index contributed by atoms with van der Waals surface area (Å²) < 4.78 is 5.30. The first-order valence-corrected chi connectivity index (χ1v) is 8.62. The van der Waals surface area contributed by atoms with Crippen molar-refractivity contribution in [3.05, 3.63) is 30.4 Å². The maximum absolute atomic E-state index is 12.1. The lowest BCUT2D eigenvalue weighted by Crippen LogP contribution is -2.29. The molecule has 0 radical (unpaired) electrons. The van der Waals surface area contributed by atoms with E-state index < -0.39 is 0 Å². The van der Waals surface area contributed by atoms with Crippen LogP contribution in [0.5, 0.6) is 0 Å². The second kappa shape index (κ2) is 7.55. The molecule has 1 amide bonds. The average Bonchev–Trinajstić information content (AvgIpc) is 3.23. The average molecular weight is 328 g/mol. The van der Waals surface area contributed by atoms with Crippen molar-refractivity contribution in [2.75, 3.05) is 13.1 Å². The molecule has 1 saturated heterocycles. The van der Waals surface area contributed by atoms with Gasteiger partial charge in [0.25, 0.3) is 5.89 Å².